The first kappa shape index (κ1) is 13.2. The maximum Gasteiger partial charge on any atom is 0.219 e. The summed E-state index contributed by atoms with van der Waals surface area (Å²) in [5.41, 5.74) is 1.25. The SMILES string of the molecule is CCC(=O)NCCc1nc(C(C)(C)C)cs1. The molecule has 0 unspecified atom stereocenters. The standard InChI is InChI=1S/C12H20N2OS/c1-5-10(15)13-7-6-11-14-9(8-16-11)12(2,3)4/h8H,5-7H2,1-4H3,(H,13,15). The van der Waals surface area contributed by atoms with Crippen LogP contribution in [0.2, 0.25) is 0 Å². The zero-order valence-electron chi connectivity index (χ0n) is 10.5. The molecule has 4 heteroatoms. The molecule has 0 saturated heterocycles. The summed E-state index contributed by atoms with van der Waals surface area (Å²) in [6, 6.07) is 0. The van der Waals surface area contributed by atoms with Gasteiger partial charge in [0.15, 0.2) is 0 Å². The van der Waals surface area contributed by atoms with Crippen LogP contribution in [0.3, 0.4) is 0 Å². The summed E-state index contributed by atoms with van der Waals surface area (Å²) in [7, 11) is 0. The molecule has 0 aliphatic heterocycles. The highest BCUT2D eigenvalue weighted by molar-refractivity contribution is 7.09. The number of rotatable bonds is 4. The van der Waals surface area contributed by atoms with Gasteiger partial charge in [-0.1, -0.05) is 27.7 Å². The third kappa shape index (κ3) is 3.93. The molecule has 0 aromatic carbocycles. The highest BCUT2D eigenvalue weighted by atomic mass is 32.1. The molecule has 1 aromatic rings. The fourth-order valence-electron chi connectivity index (χ4n) is 1.20. The fraction of sp³-hybridized carbons (Fsp3) is 0.667. The topological polar surface area (TPSA) is 42.0 Å². The van der Waals surface area contributed by atoms with Crippen molar-refractivity contribution in [1.29, 1.82) is 0 Å². The Bertz CT molecular complexity index is 352. The molecule has 1 heterocycles. The van der Waals surface area contributed by atoms with Crippen LogP contribution in [-0.2, 0) is 16.6 Å². The minimum atomic E-state index is 0.104. The van der Waals surface area contributed by atoms with E-state index in [4.69, 9.17) is 0 Å². The summed E-state index contributed by atoms with van der Waals surface area (Å²) in [6.45, 7) is 9.01. The molecule has 0 radical (unpaired) electrons. The van der Waals surface area contributed by atoms with Crippen molar-refractivity contribution in [1.82, 2.24) is 10.3 Å². The van der Waals surface area contributed by atoms with Gasteiger partial charge in [0.2, 0.25) is 5.91 Å². The van der Waals surface area contributed by atoms with Crippen molar-refractivity contribution in [2.45, 2.75) is 46.0 Å². The van der Waals surface area contributed by atoms with E-state index in [-0.39, 0.29) is 11.3 Å². The third-order valence-electron chi connectivity index (χ3n) is 2.30. The summed E-state index contributed by atoms with van der Waals surface area (Å²) in [5.74, 6) is 0.104. The molecule has 1 rings (SSSR count). The van der Waals surface area contributed by atoms with Crippen LogP contribution in [0, 0.1) is 0 Å². The minimum absolute atomic E-state index is 0.104. The number of hydrogen-bond acceptors (Lipinski definition) is 3. The largest absolute Gasteiger partial charge is 0.356 e. The maximum atomic E-state index is 11.0. The van der Waals surface area contributed by atoms with Gasteiger partial charge in [-0.2, -0.15) is 0 Å². The van der Waals surface area contributed by atoms with Gasteiger partial charge in [-0.3, -0.25) is 4.79 Å². The van der Waals surface area contributed by atoms with E-state index in [1.807, 2.05) is 6.92 Å². The minimum Gasteiger partial charge on any atom is -0.356 e. The molecule has 1 amide bonds. The second kappa shape index (κ2) is 5.43. The average Bonchev–Trinajstić information content (AvgIpc) is 2.65. The Morgan fingerprint density at radius 3 is 2.69 bits per heavy atom. The van der Waals surface area contributed by atoms with Crippen LogP contribution in [0.25, 0.3) is 0 Å². The number of nitrogens with one attached hydrogen (secondary N) is 1. The number of hydrogen-bond donors (Lipinski definition) is 1. The van der Waals surface area contributed by atoms with Crippen LogP contribution < -0.4 is 5.32 Å². The van der Waals surface area contributed by atoms with E-state index in [1.165, 1.54) is 0 Å². The Morgan fingerprint density at radius 1 is 1.50 bits per heavy atom. The highest BCUT2D eigenvalue weighted by Crippen LogP contribution is 2.23. The monoisotopic (exact) mass is 240 g/mol. The van der Waals surface area contributed by atoms with Gasteiger partial charge < -0.3 is 5.32 Å². The Labute approximate surface area is 101 Å². The molecule has 0 aliphatic carbocycles. The van der Waals surface area contributed by atoms with Crippen LogP contribution in [-0.4, -0.2) is 17.4 Å². The van der Waals surface area contributed by atoms with Crippen molar-refractivity contribution in [2.75, 3.05) is 6.54 Å². The van der Waals surface area contributed by atoms with Gasteiger partial charge in [0.25, 0.3) is 0 Å². The van der Waals surface area contributed by atoms with Crippen LogP contribution in [0.4, 0.5) is 0 Å². The van der Waals surface area contributed by atoms with E-state index >= 15 is 0 Å². The van der Waals surface area contributed by atoms with E-state index in [1.54, 1.807) is 11.3 Å². The smallest absolute Gasteiger partial charge is 0.219 e. The molecule has 0 spiro atoms. The molecule has 90 valence electrons. The summed E-state index contributed by atoms with van der Waals surface area (Å²) < 4.78 is 0. The molecular formula is C12H20N2OS. The second-order valence-corrected chi connectivity index (χ2v) is 5.77. The van der Waals surface area contributed by atoms with Crippen molar-refractivity contribution in [3.8, 4) is 0 Å². The zero-order chi connectivity index (χ0) is 12.2. The number of amides is 1. The quantitative estimate of drug-likeness (QED) is 0.878. The van der Waals surface area contributed by atoms with Crippen molar-refractivity contribution >= 4 is 17.2 Å². The number of carbonyl (C=O) groups is 1. The molecule has 16 heavy (non-hydrogen) atoms. The van der Waals surface area contributed by atoms with Gasteiger partial charge in [0.1, 0.15) is 0 Å². The van der Waals surface area contributed by atoms with Crippen LogP contribution in [0.1, 0.15) is 44.8 Å². The zero-order valence-corrected chi connectivity index (χ0v) is 11.3. The number of aromatic nitrogens is 1. The van der Waals surface area contributed by atoms with Crippen LogP contribution >= 0.6 is 11.3 Å². The van der Waals surface area contributed by atoms with E-state index in [0.29, 0.717) is 13.0 Å². The first-order valence-electron chi connectivity index (χ1n) is 5.65. The third-order valence-corrected chi connectivity index (χ3v) is 3.21. The van der Waals surface area contributed by atoms with Crippen molar-refractivity contribution < 1.29 is 4.79 Å². The summed E-state index contributed by atoms with van der Waals surface area (Å²) in [4.78, 5) is 15.6. The lowest BCUT2D eigenvalue weighted by atomic mass is 9.93. The normalized spacial score (nSPS) is 11.5. The van der Waals surface area contributed by atoms with Crippen molar-refractivity contribution in [3.05, 3.63) is 16.1 Å². The molecule has 0 fully saturated rings. The Kier molecular flexibility index (Phi) is 4.47. The number of carbonyl (C=O) groups excluding carboxylic acids is 1. The maximum absolute atomic E-state index is 11.0. The van der Waals surface area contributed by atoms with Gasteiger partial charge >= 0.3 is 0 Å². The van der Waals surface area contributed by atoms with E-state index in [0.717, 1.165) is 17.1 Å². The molecule has 0 bridgehead atoms. The predicted molar refractivity (Wildman–Crippen MR) is 67.8 cm³/mol. The van der Waals surface area contributed by atoms with Crippen molar-refractivity contribution in [3.63, 3.8) is 0 Å². The summed E-state index contributed by atoms with van der Waals surface area (Å²) in [5, 5.41) is 6.06. The van der Waals surface area contributed by atoms with E-state index < -0.39 is 0 Å². The lowest BCUT2D eigenvalue weighted by molar-refractivity contribution is -0.120. The van der Waals surface area contributed by atoms with Crippen LogP contribution in [0.5, 0.6) is 0 Å². The summed E-state index contributed by atoms with van der Waals surface area (Å²) >= 11 is 1.67. The molecule has 0 atom stereocenters. The Morgan fingerprint density at radius 2 is 2.19 bits per heavy atom. The highest BCUT2D eigenvalue weighted by Gasteiger charge is 2.17. The molecule has 0 aliphatic rings. The molecule has 1 aromatic heterocycles. The first-order chi connectivity index (χ1) is 7.43. The van der Waals surface area contributed by atoms with Gasteiger partial charge in [-0.25, -0.2) is 4.98 Å². The van der Waals surface area contributed by atoms with Crippen molar-refractivity contribution in [2.24, 2.45) is 0 Å². The number of thiazole rings is 1. The fourth-order valence-corrected chi connectivity index (χ4v) is 2.23. The summed E-state index contributed by atoms with van der Waals surface area (Å²) in [6.07, 6.45) is 1.37. The molecule has 0 saturated carbocycles. The lowest BCUT2D eigenvalue weighted by Gasteiger charge is -2.14. The lowest BCUT2D eigenvalue weighted by Crippen LogP contribution is -2.24. The van der Waals surface area contributed by atoms with E-state index in [9.17, 15) is 4.79 Å². The van der Waals surface area contributed by atoms with Gasteiger partial charge in [-0.05, 0) is 0 Å². The van der Waals surface area contributed by atoms with Crippen LogP contribution in [0.15, 0.2) is 5.38 Å². The Balaban J connectivity index is 2.44. The van der Waals surface area contributed by atoms with E-state index in [2.05, 4.69) is 36.5 Å². The van der Waals surface area contributed by atoms with Gasteiger partial charge in [0, 0.05) is 30.2 Å². The van der Waals surface area contributed by atoms with Gasteiger partial charge in [0.05, 0.1) is 10.7 Å². The number of nitrogens with zero attached hydrogens (tertiary/aromatic N) is 1. The predicted octanol–water partition coefficient (Wildman–Crippen LogP) is 2.51. The average molecular weight is 240 g/mol. The molecule has 1 N–H and O–H groups in total. The second-order valence-electron chi connectivity index (χ2n) is 4.83. The molecular weight excluding hydrogens is 220 g/mol. The Hall–Kier alpha value is -0.900. The van der Waals surface area contributed by atoms with Gasteiger partial charge in [-0.15, -0.1) is 11.3 Å². The first-order valence-corrected chi connectivity index (χ1v) is 6.53. The molecule has 3 nitrogen and oxygen atoms in total.